The molecule has 0 spiro atoms. The van der Waals surface area contributed by atoms with E-state index in [0.717, 1.165) is 19.4 Å². The number of hydrogen-bond acceptors (Lipinski definition) is 5. The molecule has 0 aromatic rings. The second-order valence-corrected chi connectivity index (χ2v) is 5.80. The van der Waals surface area contributed by atoms with Gasteiger partial charge in [-0.1, -0.05) is 0 Å². The van der Waals surface area contributed by atoms with Crippen LogP contribution in [0.5, 0.6) is 0 Å². The number of carboxylic acids is 1. The molecule has 0 saturated carbocycles. The van der Waals surface area contributed by atoms with E-state index in [4.69, 9.17) is 28.9 Å². The van der Waals surface area contributed by atoms with E-state index in [2.05, 4.69) is 0 Å². The van der Waals surface area contributed by atoms with E-state index in [1.807, 2.05) is 0 Å². The van der Waals surface area contributed by atoms with Gasteiger partial charge in [-0.15, -0.1) is 0 Å². The average molecular weight is 239 g/mol. The smallest absolute Gasteiger partial charge is 0.481 e. The molecule has 0 aliphatic heterocycles. The van der Waals surface area contributed by atoms with Gasteiger partial charge in [0, 0.05) is 34.3 Å². The highest BCUT2D eigenvalue weighted by Crippen LogP contribution is 2.13. The number of nitrogens with two attached hydrogens (primary N) is 1. The quantitative estimate of drug-likeness (QED) is 0.648. The fraction of sp³-hybridized carbons (Fsp3) is 0.875. The first kappa shape index (κ1) is 16.9. The Morgan fingerprint density at radius 1 is 1.27 bits per heavy atom. The van der Waals surface area contributed by atoms with Crippen molar-refractivity contribution < 1.29 is 23.2 Å². The summed E-state index contributed by atoms with van der Waals surface area (Å²) in [5.41, 5.74) is 5.36. The number of hydrogen-bond donors (Lipinski definition) is 2. The minimum atomic E-state index is -2.32. The molecule has 0 aromatic heterocycles. The third-order valence-corrected chi connectivity index (χ3v) is 4.45. The Bertz CT molecular complexity index is 151. The van der Waals surface area contributed by atoms with Crippen molar-refractivity contribution in [2.75, 3.05) is 27.9 Å². The van der Waals surface area contributed by atoms with Crippen LogP contribution in [0, 0.1) is 0 Å². The molecule has 0 fully saturated rings. The van der Waals surface area contributed by atoms with E-state index < -0.39 is 14.8 Å². The summed E-state index contributed by atoms with van der Waals surface area (Å²) in [6, 6.07) is 0.785. The van der Waals surface area contributed by atoms with E-state index >= 15 is 0 Å². The Hall–Kier alpha value is -0.473. The number of carboxylic acid groups (broad SMARTS) is 1. The predicted octanol–water partition coefficient (Wildman–Crippen LogP) is 0.304. The second-order valence-electron chi connectivity index (χ2n) is 2.71. The highest BCUT2D eigenvalue weighted by Gasteiger charge is 2.36. The van der Waals surface area contributed by atoms with E-state index in [1.165, 1.54) is 0 Å². The van der Waals surface area contributed by atoms with Gasteiger partial charge < -0.3 is 24.1 Å². The summed E-state index contributed by atoms with van der Waals surface area (Å²) < 4.78 is 15.5. The standard InChI is InChI=1S/C6H17NO3Si.C2H4O2/c1-8-11(9-2,10-3)6-4-5-7;1-2(3)4/h4-7H2,1-3H3;1H3,(H,3,4). The molecule has 92 valence electrons. The van der Waals surface area contributed by atoms with Crippen LogP contribution in [0.15, 0.2) is 0 Å². The number of rotatable bonds is 6. The molecule has 0 unspecified atom stereocenters. The summed E-state index contributed by atoms with van der Waals surface area (Å²) in [6.45, 7) is 1.73. The zero-order chi connectivity index (χ0) is 12.3. The van der Waals surface area contributed by atoms with Crippen molar-refractivity contribution in [1.29, 1.82) is 0 Å². The molecule has 0 rings (SSSR count). The lowest BCUT2D eigenvalue weighted by molar-refractivity contribution is -0.134. The number of aliphatic carboxylic acids is 1. The third-order valence-electron chi connectivity index (χ3n) is 1.62. The Kier molecular flexibility index (Phi) is 11.4. The predicted molar refractivity (Wildman–Crippen MR) is 58.6 cm³/mol. The van der Waals surface area contributed by atoms with Crippen LogP contribution in [-0.2, 0) is 18.1 Å². The maximum atomic E-state index is 9.00. The van der Waals surface area contributed by atoms with Gasteiger partial charge in [0.05, 0.1) is 0 Å². The summed E-state index contributed by atoms with van der Waals surface area (Å²) in [5, 5.41) is 7.42. The van der Waals surface area contributed by atoms with Crippen molar-refractivity contribution in [2.24, 2.45) is 5.73 Å². The topological polar surface area (TPSA) is 91.0 Å². The Labute approximate surface area is 91.7 Å². The molecule has 0 saturated heterocycles. The van der Waals surface area contributed by atoms with Gasteiger partial charge >= 0.3 is 8.80 Å². The largest absolute Gasteiger partial charge is 0.500 e. The highest BCUT2D eigenvalue weighted by atomic mass is 28.4. The molecule has 0 amide bonds. The van der Waals surface area contributed by atoms with Crippen LogP contribution in [0.3, 0.4) is 0 Å². The molecule has 0 heterocycles. The van der Waals surface area contributed by atoms with Crippen LogP contribution in [-0.4, -0.2) is 47.8 Å². The van der Waals surface area contributed by atoms with Crippen molar-refractivity contribution in [2.45, 2.75) is 19.4 Å². The lowest BCUT2D eigenvalue weighted by Gasteiger charge is -2.23. The molecule has 0 aliphatic rings. The first-order chi connectivity index (χ1) is 6.97. The van der Waals surface area contributed by atoms with Gasteiger partial charge in [0.2, 0.25) is 0 Å². The van der Waals surface area contributed by atoms with Crippen molar-refractivity contribution >= 4 is 14.8 Å². The van der Waals surface area contributed by atoms with Gasteiger partial charge in [-0.25, -0.2) is 0 Å². The Morgan fingerprint density at radius 3 is 1.80 bits per heavy atom. The van der Waals surface area contributed by atoms with Crippen LogP contribution in [0.25, 0.3) is 0 Å². The minimum Gasteiger partial charge on any atom is -0.481 e. The lowest BCUT2D eigenvalue weighted by atomic mass is 10.5. The summed E-state index contributed by atoms with van der Waals surface area (Å²) in [4.78, 5) is 9.00. The van der Waals surface area contributed by atoms with Crippen LogP contribution in [0.2, 0.25) is 6.04 Å². The van der Waals surface area contributed by atoms with Gasteiger partial charge in [0.1, 0.15) is 0 Å². The number of carbonyl (C=O) groups is 1. The molecular formula is C8H21NO5Si. The summed E-state index contributed by atoms with van der Waals surface area (Å²) in [6.07, 6.45) is 0.877. The Balaban J connectivity index is 0. The van der Waals surface area contributed by atoms with Gasteiger partial charge in [0.15, 0.2) is 0 Å². The van der Waals surface area contributed by atoms with Crippen LogP contribution in [0.4, 0.5) is 0 Å². The highest BCUT2D eigenvalue weighted by molar-refractivity contribution is 6.60. The fourth-order valence-corrected chi connectivity index (χ4v) is 2.62. The van der Waals surface area contributed by atoms with Crippen LogP contribution >= 0.6 is 0 Å². The van der Waals surface area contributed by atoms with Gasteiger partial charge in [-0.3, -0.25) is 4.79 Å². The van der Waals surface area contributed by atoms with Crippen LogP contribution < -0.4 is 5.73 Å². The second kappa shape index (κ2) is 10.1. The first-order valence-electron chi connectivity index (χ1n) is 4.53. The normalized spacial score (nSPS) is 10.5. The summed E-state index contributed by atoms with van der Waals surface area (Å²) in [5.74, 6) is -0.833. The maximum Gasteiger partial charge on any atom is 0.500 e. The van der Waals surface area contributed by atoms with E-state index in [1.54, 1.807) is 21.3 Å². The SMILES string of the molecule is CC(=O)O.CO[Si](CCCN)(OC)OC. The average Bonchev–Trinajstić information content (AvgIpc) is 2.20. The van der Waals surface area contributed by atoms with Crippen molar-refractivity contribution in [1.82, 2.24) is 0 Å². The van der Waals surface area contributed by atoms with Gasteiger partial charge in [-0.2, -0.15) is 0 Å². The molecule has 0 radical (unpaired) electrons. The van der Waals surface area contributed by atoms with E-state index in [9.17, 15) is 0 Å². The van der Waals surface area contributed by atoms with Crippen molar-refractivity contribution in [3.63, 3.8) is 0 Å². The monoisotopic (exact) mass is 239 g/mol. The van der Waals surface area contributed by atoms with Gasteiger partial charge in [0.25, 0.3) is 5.97 Å². The van der Waals surface area contributed by atoms with Gasteiger partial charge in [-0.05, 0) is 13.0 Å². The van der Waals surface area contributed by atoms with E-state index in [-0.39, 0.29) is 0 Å². The molecule has 15 heavy (non-hydrogen) atoms. The van der Waals surface area contributed by atoms with Crippen LogP contribution in [0.1, 0.15) is 13.3 Å². The lowest BCUT2D eigenvalue weighted by Crippen LogP contribution is -2.42. The molecule has 0 aliphatic carbocycles. The van der Waals surface area contributed by atoms with E-state index in [0.29, 0.717) is 6.54 Å². The zero-order valence-electron chi connectivity index (χ0n) is 9.78. The Morgan fingerprint density at radius 2 is 1.60 bits per heavy atom. The molecule has 3 N–H and O–H groups in total. The molecule has 7 heteroatoms. The molecule has 0 atom stereocenters. The maximum absolute atomic E-state index is 9.00. The molecule has 6 nitrogen and oxygen atoms in total. The molecule has 0 aromatic carbocycles. The first-order valence-corrected chi connectivity index (χ1v) is 6.46. The molecular weight excluding hydrogens is 218 g/mol. The van der Waals surface area contributed by atoms with Crippen molar-refractivity contribution in [3.05, 3.63) is 0 Å². The molecule has 0 bridgehead atoms. The van der Waals surface area contributed by atoms with Crippen molar-refractivity contribution in [3.8, 4) is 0 Å². The minimum absolute atomic E-state index is 0.644. The summed E-state index contributed by atoms with van der Waals surface area (Å²) >= 11 is 0. The fourth-order valence-electron chi connectivity index (χ4n) is 0.875. The summed E-state index contributed by atoms with van der Waals surface area (Å²) in [7, 11) is 2.50. The third kappa shape index (κ3) is 9.82. The zero-order valence-corrected chi connectivity index (χ0v) is 10.8.